The van der Waals surface area contributed by atoms with Gasteiger partial charge in [0.1, 0.15) is 6.10 Å². The Morgan fingerprint density at radius 2 is 2.29 bits per heavy atom. The molecule has 0 aromatic heterocycles. The Bertz CT molecular complexity index is 195. The summed E-state index contributed by atoms with van der Waals surface area (Å²) in [4.78, 5) is 10.8. The Morgan fingerprint density at radius 1 is 1.57 bits per heavy atom. The molecule has 0 spiro atoms. The van der Waals surface area contributed by atoms with Crippen LogP contribution < -0.4 is 11.1 Å². The minimum absolute atomic E-state index is 0.159. The molecule has 0 aromatic rings. The van der Waals surface area contributed by atoms with Crippen LogP contribution in [0.25, 0.3) is 0 Å². The van der Waals surface area contributed by atoms with Gasteiger partial charge in [-0.15, -0.1) is 0 Å². The van der Waals surface area contributed by atoms with Crippen LogP contribution >= 0.6 is 0 Å². The lowest BCUT2D eigenvalue weighted by atomic mass is 10.2. The lowest BCUT2D eigenvalue weighted by molar-refractivity contribution is -0.128. The molecular weight excluding hydrogens is 180 g/mol. The number of amides is 1. The van der Waals surface area contributed by atoms with E-state index in [4.69, 9.17) is 10.5 Å². The maximum Gasteiger partial charge on any atom is 0.246 e. The van der Waals surface area contributed by atoms with Crippen LogP contribution in [0.5, 0.6) is 0 Å². The van der Waals surface area contributed by atoms with Crippen LogP contribution in [-0.2, 0) is 9.53 Å². The van der Waals surface area contributed by atoms with E-state index >= 15 is 0 Å². The molecule has 1 aliphatic heterocycles. The number of hydrogen-bond acceptors (Lipinski definition) is 3. The van der Waals surface area contributed by atoms with E-state index in [2.05, 4.69) is 19.2 Å². The number of hydrogen-bond donors (Lipinski definition) is 2. The molecule has 3 N–H and O–H groups in total. The molecule has 0 aromatic carbocycles. The summed E-state index contributed by atoms with van der Waals surface area (Å²) in [5.74, 6) is 0.305. The summed E-state index contributed by atoms with van der Waals surface area (Å²) in [7, 11) is 0. The normalized spacial score (nSPS) is 27.1. The van der Waals surface area contributed by atoms with Crippen LogP contribution in [0.4, 0.5) is 0 Å². The van der Waals surface area contributed by atoms with Crippen molar-refractivity contribution in [1.29, 1.82) is 0 Å². The lowest BCUT2D eigenvalue weighted by Gasteiger charge is -2.13. The quantitative estimate of drug-likeness (QED) is 0.669. The van der Waals surface area contributed by atoms with Crippen molar-refractivity contribution in [3.63, 3.8) is 0 Å². The first-order valence-electron chi connectivity index (χ1n) is 5.25. The molecule has 1 fully saturated rings. The first-order valence-corrected chi connectivity index (χ1v) is 5.25. The maximum absolute atomic E-state index is 10.8. The molecule has 0 bridgehead atoms. The van der Waals surface area contributed by atoms with Crippen molar-refractivity contribution in [1.82, 2.24) is 5.32 Å². The van der Waals surface area contributed by atoms with Crippen molar-refractivity contribution in [2.45, 2.75) is 38.9 Å². The average Bonchev–Trinajstić information content (AvgIpc) is 2.52. The number of primary amides is 1. The highest BCUT2D eigenvalue weighted by Gasteiger charge is 2.28. The summed E-state index contributed by atoms with van der Waals surface area (Å²) in [6.07, 6.45) is 1.49. The fraction of sp³-hybridized carbons (Fsp3) is 0.900. The summed E-state index contributed by atoms with van der Waals surface area (Å²) in [5.41, 5.74) is 5.15. The highest BCUT2D eigenvalue weighted by Crippen LogP contribution is 2.18. The third-order valence-corrected chi connectivity index (χ3v) is 2.35. The molecule has 1 heterocycles. The zero-order chi connectivity index (χ0) is 10.6. The lowest BCUT2D eigenvalue weighted by Crippen LogP contribution is -2.33. The van der Waals surface area contributed by atoms with Crippen LogP contribution in [-0.4, -0.2) is 31.2 Å². The third kappa shape index (κ3) is 3.64. The molecular formula is C10H20N2O2. The van der Waals surface area contributed by atoms with Crippen molar-refractivity contribution in [3.05, 3.63) is 0 Å². The Balaban J connectivity index is 2.13. The third-order valence-electron chi connectivity index (χ3n) is 2.35. The number of carbonyl (C=O) groups excluding carboxylic acids is 1. The van der Waals surface area contributed by atoms with Crippen LogP contribution in [0.3, 0.4) is 0 Å². The molecule has 1 saturated heterocycles. The van der Waals surface area contributed by atoms with Gasteiger partial charge in [0.2, 0.25) is 5.91 Å². The van der Waals surface area contributed by atoms with Gasteiger partial charge in [-0.2, -0.15) is 0 Å². The summed E-state index contributed by atoms with van der Waals surface area (Å²) < 4.78 is 5.47. The minimum Gasteiger partial charge on any atom is -0.367 e. The van der Waals surface area contributed by atoms with Crippen molar-refractivity contribution in [3.8, 4) is 0 Å². The van der Waals surface area contributed by atoms with E-state index in [0.29, 0.717) is 5.92 Å². The van der Waals surface area contributed by atoms with Crippen LogP contribution in [0.1, 0.15) is 26.7 Å². The number of rotatable bonds is 5. The van der Waals surface area contributed by atoms with Gasteiger partial charge in [0.15, 0.2) is 0 Å². The van der Waals surface area contributed by atoms with Crippen molar-refractivity contribution in [2.75, 3.05) is 13.1 Å². The summed E-state index contributed by atoms with van der Waals surface area (Å²) in [5, 5.41) is 3.31. The fourth-order valence-corrected chi connectivity index (χ4v) is 1.60. The van der Waals surface area contributed by atoms with Gasteiger partial charge in [-0.25, -0.2) is 0 Å². The van der Waals surface area contributed by atoms with Gasteiger partial charge in [0, 0.05) is 6.54 Å². The van der Waals surface area contributed by atoms with E-state index < -0.39 is 0 Å². The molecule has 1 aliphatic rings. The average molecular weight is 200 g/mol. The van der Waals surface area contributed by atoms with Crippen LogP contribution in [0, 0.1) is 5.92 Å². The number of nitrogens with two attached hydrogens (primary N) is 1. The number of carbonyl (C=O) groups is 1. The fourth-order valence-electron chi connectivity index (χ4n) is 1.60. The van der Waals surface area contributed by atoms with Gasteiger partial charge in [-0.05, 0) is 25.3 Å². The van der Waals surface area contributed by atoms with E-state index in [1.165, 1.54) is 0 Å². The van der Waals surface area contributed by atoms with Crippen molar-refractivity contribution in [2.24, 2.45) is 11.7 Å². The van der Waals surface area contributed by atoms with Gasteiger partial charge in [-0.1, -0.05) is 13.8 Å². The highest BCUT2D eigenvalue weighted by atomic mass is 16.5. The SMILES string of the molecule is CC(C)CNCC1CCC(C(N)=O)O1. The molecule has 14 heavy (non-hydrogen) atoms. The Labute approximate surface area is 85.2 Å². The van der Waals surface area contributed by atoms with Crippen LogP contribution in [0.15, 0.2) is 0 Å². The Kier molecular flexibility index (Phi) is 4.35. The predicted octanol–water partition coefficient (Wildman–Crippen LogP) is 0.265. The molecule has 2 unspecified atom stereocenters. The second-order valence-electron chi connectivity index (χ2n) is 4.28. The minimum atomic E-state index is -0.360. The summed E-state index contributed by atoms with van der Waals surface area (Å²) in [6.45, 7) is 6.13. The molecule has 1 amide bonds. The van der Waals surface area contributed by atoms with Crippen LogP contribution in [0.2, 0.25) is 0 Å². The summed E-state index contributed by atoms with van der Waals surface area (Å²) in [6, 6.07) is 0. The Morgan fingerprint density at radius 3 is 2.79 bits per heavy atom. The van der Waals surface area contributed by atoms with E-state index in [-0.39, 0.29) is 18.1 Å². The topological polar surface area (TPSA) is 64.3 Å². The van der Waals surface area contributed by atoms with E-state index in [1.807, 2.05) is 0 Å². The second kappa shape index (κ2) is 5.32. The monoisotopic (exact) mass is 200 g/mol. The molecule has 0 aliphatic carbocycles. The zero-order valence-electron chi connectivity index (χ0n) is 8.95. The standard InChI is InChI=1S/C10H20N2O2/c1-7(2)5-12-6-8-3-4-9(14-8)10(11)13/h7-9,12H,3-6H2,1-2H3,(H2,11,13). The Hall–Kier alpha value is -0.610. The number of ether oxygens (including phenoxy) is 1. The molecule has 2 atom stereocenters. The molecule has 0 radical (unpaired) electrons. The smallest absolute Gasteiger partial charge is 0.246 e. The van der Waals surface area contributed by atoms with E-state index in [1.54, 1.807) is 0 Å². The number of nitrogens with one attached hydrogen (secondary N) is 1. The maximum atomic E-state index is 10.8. The van der Waals surface area contributed by atoms with E-state index in [0.717, 1.165) is 25.9 Å². The molecule has 1 rings (SSSR count). The zero-order valence-corrected chi connectivity index (χ0v) is 8.95. The largest absolute Gasteiger partial charge is 0.367 e. The van der Waals surface area contributed by atoms with Gasteiger partial charge in [0.25, 0.3) is 0 Å². The predicted molar refractivity (Wildman–Crippen MR) is 54.8 cm³/mol. The van der Waals surface area contributed by atoms with Gasteiger partial charge in [-0.3, -0.25) is 4.79 Å². The van der Waals surface area contributed by atoms with Gasteiger partial charge in [0.05, 0.1) is 6.10 Å². The highest BCUT2D eigenvalue weighted by molar-refractivity contribution is 5.79. The second-order valence-corrected chi connectivity index (χ2v) is 4.28. The molecule has 4 nitrogen and oxygen atoms in total. The molecule has 4 heteroatoms. The molecule has 82 valence electrons. The van der Waals surface area contributed by atoms with Gasteiger partial charge >= 0.3 is 0 Å². The first kappa shape index (κ1) is 11.5. The van der Waals surface area contributed by atoms with Crippen molar-refractivity contribution < 1.29 is 9.53 Å². The first-order chi connectivity index (χ1) is 6.59. The molecule has 0 saturated carbocycles. The van der Waals surface area contributed by atoms with E-state index in [9.17, 15) is 4.79 Å². The van der Waals surface area contributed by atoms with Gasteiger partial charge < -0.3 is 15.8 Å². The van der Waals surface area contributed by atoms with Crippen molar-refractivity contribution >= 4 is 5.91 Å². The summed E-state index contributed by atoms with van der Waals surface area (Å²) >= 11 is 0.